The maximum Gasteiger partial charge on any atom is 0.410 e. The predicted octanol–water partition coefficient (Wildman–Crippen LogP) is 2.26. The van der Waals surface area contributed by atoms with Crippen LogP contribution in [0.25, 0.3) is 0 Å². The van der Waals surface area contributed by atoms with Gasteiger partial charge in [0.25, 0.3) is 0 Å². The number of alkyl halides is 3. The number of aliphatic carboxylic acids is 1. The van der Waals surface area contributed by atoms with E-state index in [0.29, 0.717) is 0 Å². The van der Waals surface area contributed by atoms with Crippen molar-refractivity contribution in [3.05, 3.63) is 0 Å². The number of hydrogen-bond donors (Lipinski definition) is 1. The summed E-state index contributed by atoms with van der Waals surface area (Å²) >= 11 is 0. The molecule has 0 spiro atoms. The lowest BCUT2D eigenvalue weighted by molar-refractivity contribution is -0.184. The Labute approximate surface area is 103 Å². The molecule has 1 atom stereocenters. The highest BCUT2D eigenvalue weighted by Gasteiger charge is 2.46. The van der Waals surface area contributed by atoms with Crippen molar-refractivity contribution in [2.75, 3.05) is 7.05 Å². The van der Waals surface area contributed by atoms with Crippen molar-refractivity contribution in [1.29, 1.82) is 0 Å². The summed E-state index contributed by atoms with van der Waals surface area (Å²) in [5.74, 6) is -1.65. The number of carboxylic acid groups (broad SMARTS) is 1. The molecule has 0 aliphatic heterocycles. The zero-order valence-electron chi connectivity index (χ0n) is 10.5. The second-order valence-corrected chi connectivity index (χ2v) is 4.75. The molecule has 5 nitrogen and oxygen atoms in total. The lowest BCUT2D eigenvalue weighted by atomic mass is 10.2. The van der Waals surface area contributed by atoms with Crippen LogP contribution in [0.15, 0.2) is 0 Å². The Morgan fingerprint density at radius 1 is 1.28 bits per heavy atom. The molecule has 0 aliphatic carbocycles. The van der Waals surface area contributed by atoms with Gasteiger partial charge >= 0.3 is 18.2 Å². The summed E-state index contributed by atoms with van der Waals surface area (Å²) in [6.07, 6.45) is -7.27. The van der Waals surface area contributed by atoms with Crippen LogP contribution >= 0.6 is 0 Å². The Kier molecular flexibility index (Phi) is 5.00. The fourth-order valence-electron chi connectivity index (χ4n) is 1.10. The standard InChI is InChI=1S/C10H16F3NO4/c1-9(2,3)18-8(17)14(4)6(5-7(15)16)10(11,12)13/h6H,5H2,1-4H3,(H,15,16). The number of hydrogen-bond acceptors (Lipinski definition) is 3. The van der Waals surface area contributed by atoms with E-state index in [9.17, 15) is 22.8 Å². The smallest absolute Gasteiger partial charge is 0.410 e. The fraction of sp³-hybridized carbons (Fsp3) is 0.800. The number of rotatable bonds is 3. The lowest BCUT2D eigenvalue weighted by Gasteiger charge is -2.31. The molecule has 0 aromatic rings. The molecule has 106 valence electrons. The molecule has 0 rings (SSSR count). The molecule has 0 aliphatic rings. The molecule has 0 radical (unpaired) electrons. The molecule has 0 heterocycles. The molecule has 1 N–H and O–H groups in total. The van der Waals surface area contributed by atoms with E-state index in [1.807, 2.05) is 0 Å². The van der Waals surface area contributed by atoms with Crippen LogP contribution < -0.4 is 0 Å². The van der Waals surface area contributed by atoms with Gasteiger partial charge in [-0.2, -0.15) is 13.2 Å². The van der Waals surface area contributed by atoms with Gasteiger partial charge < -0.3 is 9.84 Å². The zero-order chi connectivity index (χ0) is 14.7. The van der Waals surface area contributed by atoms with Gasteiger partial charge in [0, 0.05) is 7.05 Å². The van der Waals surface area contributed by atoms with E-state index in [-0.39, 0.29) is 4.90 Å². The second kappa shape index (κ2) is 5.45. The number of carbonyl (C=O) groups excluding carboxylic acids is 1. The van der Waals surface area contributed by atoms with Crippen LogP contribution in [0.5, 0.6) is 0 Å². The molecular weight excluding hydrogens is 255 g/mol. The van der Waals surface area contributed by atoms with Crippen LogP contribution in [-0.4, -0.2) is 46.9 Å². The first-order valence-electron chi connectivity index (χ1n) is 5.09. The first kappa shape index (κ1) is 16.5. The molecule has 0 fully saturated rings. The van der Waals surface area contributed by atoms with Gasteiger partial charge in [-0.3, -0.25) is 9.69 Å². The maximum atomic E-state index is 12.6. The molecule has 18 heavy (non-hydrogen) atoms. The topological polar surface area (TPSA) is 66.8 Å². The number of carbonyl (C=O) groups is 2. The van der Waals surface area contributed by atoms with Crippen molar-refractivity contribution in [3.63, 3.8) is 0 Å². The van der Waals surface area contributed by atoms with Crippen LogP contribution in [0.2, 0.25) is 0 Å². The number of nitrogens with zero attached hydrogens (tertiary/aromatic N) is 1. The molecule has 8 heteroatoms. The Bertz CT molecular complexity index is 322. The Hall–Kier alpha value is -1.47. The van der Waals surface area contributed by atoms with E-state index in [1.54, 1.807) is 0 Å². The van der Waals surface area contributed by atoms with E-state index in [4.69, 9.17) is 9.84 Å². The highest BCUT2D eigenvalue weighted by atomic mass is 19.4. The van der Waals surface area contributed by atoms with Gasteiger partial charge in [-0.15, -0.1) is 0 Å². The van der Waals surface area contributed by atoms with E-state index in [2.05, 4.69) is 0 Å². The van der Waals surface area contributed by atoms with Gasteiger partial charge in [0.1, 0.15) is 11.6 Å². The monoisotopic (exact) mass is 271 g/mol. The molecule has 0 aromatic heterocycles. The van der Waals surface area contributed by atoms with E-state index in [0.717, 1.165) is 7.05 Å². The summed E-state index contributed by atoms with van der Waals surface area (Å²) in [4.78, 5) is 22.1. The summed E-state index contributed by atoms with van der Waals surface area (Å²) in [7, 11) is 0.856. The van der Waals surface area contributed by atoms with Crippen molar-refractivity contribution in [2.24, 2.45) is 0 Å². The first-order chi connectivity index (χ1) is 7.84. The normalized spacial score (nSPS) is 13.9. The Balaban J connectivity index is 4.91. The third-order valence-electron chi connectivity index (χ3n) is 1.89. The zero-order valence-corrected chi connectivity index (χ0v) is 10.5. The average molecular weight is 271 g/mol. The van der Waals surface area contributed by atoms with Crippen LogP contribution in [0.4, 0.5) is 18.0 Å². The van der Waals surface area contributed by atoms with Crippen molar-refractivity contribution in [1.82, 2.24) is 4.90 Å². The van der Waals surface area contributed by atoms with Crippen LogP contribution in [-0.2, 0) is 9.53 Å². The highest BCUT2D eigenvalue weighted by Crippen LogP contribution is 2.27. The fourth-order valence-corrected chi connectivity index (χ4v) is 1.10. The van der Waals surface area contributed by atoms with Crippen molar-refractivity contribution >= 4 is 12.1 Å². The summed E-state index contributed by atoms with van der Waals surface area (Å²) in [6.45, 7) is 4.50. The van der Waals surface area contributed by atoms with Gasteiger partial charge in [-0.1, -0.05) is 0 Å². The van der Waals surface area contributed by atoms with Gasteiger partial charge in [-0.25, -0.2) is 4.79 Å². The quantitative estimate of drug-likeness (QED) is 0.855. The number of halogens is 3. The minimum Gasteiger partial charge on any atom is -0.481 e. The predicted molar refractivity (Wildman–Crippen MR) is 56.1 cm³/mol. The number of amides is 1. The average Bonchev–Trinajstić information content (AvgIpc) is 2.08. The van der Waals surface area contributed by atoms with Crippen LogP contribution in [0.3, 0.4) is 0 Å². The van der Waals surface area contributed by atoms with Gasteiger partial charge in [-0.05, 0) is 20.8 Å². The number of ether oxygens (including phenoxy) is 1. The lowest BCUT2D eigenvalue weighted by Crippen LogP contribution is -2.49. The largest absolute Gasteiger partial charge is 0.481 e. The van der Waals surface area contributed by atoms with Crippen molar-refractivity contribution < 1.29 is 32.6 Å². The molecule has 0 saturated carbocycles. The van der Waals surface area contributed by atoms with E-state index in [1.165, 1.54) is 20.8 Å². The van der Waals surface area contributed by atoms with Crippen molar-refractivity contribution in [3.8, 4) is 0 Å². The highest BCUT2D eigenvalue weighted by molar-refractivity contribution is 5.71. The first-order valence-corrected chi connectivity index (χ1v) is 5.09. The third kappa shape index (κ3) is 5.74. The second-order valence-electron chi connectivity index (χ2n) is 4.75. The number of carboxylic acids is 1. The SMILES string of the molecule is CN(C(=O)OC(C)(C)C)C(CC(=O)O)C(F)(F)F. The van der Waals surface area contributed by atoms with Crippen LogP contribution in [0.1, 0.15) is 27.2 Å². The van der Waals surface area contributed by atoms with E-state index >= 15 is 0 Å². The van der Waals surface area contributed by atoms with Gasteiger partial charge in [0.15, 0.2) is 0 Å². The summed E-state index contributed by atoms with van der Waals surface area (Å²) in [5, 5.41) is 8.43. The third-order valence-corrected chi connectivity index (χ3v) is 1.89. The minimum atomic E-state index is -4.83. The Morgan fingerprint density at radius 2 is 1.72 bits per heavy atom. The van der Waals surface area contributed by atoms with Gasteiger partial charge in [0.2, 0.25) is 0 Å². The molecule has 0 bridgehead atoms. The molecular formula is C10H16F3NO4. The molecule has 1 unspecified atom stereocenters. The summed E-state index contributed by atoms with van der Waals surface area (Å²) in [5.41, 5.74) is -0.954. The Morgan fingerprint density at radius 3 is 2.00 bits per heavy atom. The summed E-state index contributed by atoms with van der Waals surface area (Å²) < 4.78 is 42.6. The maximum absolute atomic E-state index is 12.6. The minimum absolute atomic E-state index is 0.249. The molecule has 0 aromatic carbocycles. The molecule has 1 amide bonds. The molecule has 0 saturated heterocycles. The van der Waals surface area contributed by atoms with Crippen molar-refractivity contribution in [2.45, 2.75) is 45.0 Å². The summed E-state index contributed by atoms with van der Waals surface area (Å²) in [6, 6.07) is -2.41. The van der Waals surface area contributed by atoms with Crippen LogP contribution in [0, 0.1) is 0 Å². The van der Waals surface area contributed by atoms with E-state index < -0.39 is 36.3 Å². The van der Waals surface area contributed by atoms with Gasteiger partial charge in [0.05, 0.1) is 6.42 Å².